The summed E-state index contributed by atoms with van der Waals surface area (Å²) in [7, 11) is 0. The molecule has 2 atom stereocenters. The zero-order chi connectivity index (χ0) is 13.2. The lowest BCUT2D eigenvalue weighted by Crippen LogP contribution is -2.47. The summed E-state index contributed by atoms with van der Waals surface area (Å²) in [5.74, 6) is -0.394. The van der Waals surface area contributed by atoms with E-state index in [1.807, 2.05) is 6.07 Å². The molecule has 1 fully saturated rings. The number of nitrogens with zero attached hydrogens (tertiary/aromatic N) is 1. The van der Waals surface area contributed by atoms with Gasteiger partial charge < -0.3 is 4.74 Å². The standard InChI is InChI=1S/C14H17NO3/c1-13(15-17)9-6-10-14(13,2)18-12(16)11-7-4-3-5-8-11/h3-5,7-8H,6,9-10H2,1-2H3/t13-,14-/m0/s1. The third kappa shape index (κ3) is 2.03. The average Bonchev–Trinajstić information content (AvgIpc) is 2.67. The van der Waals surface area contributed by atoms with Crippen LogP contribution >= 0.6 is 0 Å². The molecule has 1 aromatic carbocycles. The highest BCUT2D eigenvalue weighted by Crippen LogP contribution is 2.44. The fourth-order valence-electron chi connectivity index (χ4n) is 2.44. The minimum Gasteiger partial charge on any atom is -0.453 e. The van der Waals surface area contributed by atoms with E-state index >= 15 is 0 Å². The number of ether oxygens (including phenoxy) is 1. The van der Waals surface area contributed by atoms with Crippen molar-refractivity contribution < 1.29 is 9.53 Å². The Morgan fingerprint density at radius 3 is 2.50 bits per heavy atom. The van der Waals surface area contributed by atoms with Crippen molar-refractivity contribution in [3.63, 3.8) is 0 Å². The number of rotatable bonds is 3. The molecule has 1 aliphatic carbocycles. The van der Waals surface area contributed by atoms with Crippen molar-refractivity contribution in [2.75, 3.05) is 0 Å². The predicted octanol–water partition coefficient (Wildman–Crippen LogP) is 3.31. The first-order valence-corrected chi connectivity index (χ1v) is 6.14. The molecular weight excluding hydrogens is 230 g/mol. The van der Waals surface area contributed by atoms with Crippen molar-refractivity contribution in [2.45, 2.75) is 44.2 Å². The minimum atomic E-state index is -0.822. The molecule has 0 amide bonds. The molecule has 1 saturated carbocycles. The molecule has 96 valence electrons. The van der Waals surface area contributed by atoms with Crippen LogP contribution in [0.2, 0.25) is 0 Å². The Balaban J connectivity index is 2.19. The van der Waals surface area contributed by atoms with Crippen LogP contribution in [0.4, 0.5) is 0 Å². The van der Waals surface area contributed by atoms with Gasteiger partial charge in [0.1, 0.15) is 11.1 Å². The van der Waals surface area contributed by atoms with Crippen LogP contribution in [0.25, 0.3) is 0 Å². The highest BCUT2D eigenvalue weighted by molar-refractivity contribution is 5.89. The topological polar surface area (TPSA) is 55.7 Å². The van der Waals surface area contributed by atoms with E-state index in [0.717, 1.165) is 6.42 Å². The van der Waals surface area contributed by atoms with E-state index in [2.05, 4.69) is 5.18 Å². The first-order valence-electron chi connectivity index (χ1n) is 6.14. The summed E-state index contributed by atoms with van der Waals surface area (Å²) < 4.78 is 5.56. The monoisotopic (exact) mass is 247 g/mol. The second-order valence-corrected chi connectivity index (χ2v) is 5.21. The molecule has 0 bridgehead atoms. The van der Waals surface area contributed by atoms with Gasteiger partial charge in [-0.25, -0.2) is 4.79 Å². The van der Waals surface area contributed by atoms with Gasteiger partial charge in [-0.3, -0.25) is 0 Å². The minimum absolute atomic E-state index is 0.394. The maximum absolute atomic E-state index is 12.0. The Bertz CT molecular complexity index is 459. The van der Waals surface area contributed by atoms with E-state index < -0.39 is 17.1 Å². The van der Waals surface area contributed by atoms with Gasteiger partial charge in [-0.2, -0.15) is 4.91 Å². The highest BCUT2D eigenvalue weighted by atomic mass is 16.6. The quantitative estimate of drug-likeness (QED) is 0.608. The average molecular weight is 247 g/mol. The van der Waals surface area contributed by atoms with Crippen LogP contribution in [0.15, 0.2) is 35.5 Å². The van der Waals surface area contributed by atoms with Gasteiger partial charge in [0.25, 0.3) is 0 Å². The lowest BCUT2D eigenvalue weighted by Gasteiger charge is -2.34. The van der Waals surface area contributed by atoms with E-state index in [0.29, 0.717) is 18.4 Å². The van der Waals surface area contributed by atoms with Crippen molar-refractivity contribution in [1.29, 1.82) is 0 Å². The normalized spacial score (nSPS) is 31.0. The van der Waals surface area contributed by atoms with Gasteiger partial charge in [0.15, 0.2) is 0 Å². The van der Waals surface area contributed by atoms with Crippen molar-refractivity contribution in [3.8, 4) is 0 Å². The van der Waals surface area contributed by atoms with E-state index in [1.54, 1.807) is 38.1 Å². The molecule has 1 aliphatic rings. The Hall–Kier alpha value is -1.71. The van der Waals surface area contributed by atoms with Crippen LogP contribution in [0, 0.1) is 4.91 Å². The molecule has 4 nitrogen and oxygen atoms in total. The van der Waals surface area contributed by atoms with Crippen LogP contribution < -0.4 is 0 Å². The van der Waals surface area contributed by atoms with Crippen molar-refractivity contribution in [3.05, 3.63) is 40.8 Å². The Morgan fingerprint density at radius 2 is 1.89 bits per heavy atom. The molecule has 0 heterocycles. The summed E-state index contributed by atoms with van der Waals surface area (Å²) in [5.41, 5.74) is -1.13. The number of carbonyl (C=O) groups excluding carboxylic acids is 1. The lowest BCUT2D eigenvalue weighted by molar-refractivity contribution is -0.0333. The van der Waals surface area contributed by atoms with Crippen molar-refractivity contribution in [2.24, 2.45) is 5.18 Å². The van der Waals surface area contributed by atoms with Crippen LogP contribution in [-0.4, -0.2) is 17.1 Å². The molecule has 0 N–H and O–H groups in total. The van der Waals surface area contributed by atoms with Gasteiger partial charge in [-0.05, 0) is 45.2 Å². The summed E-state index contributed by atoms with van der Waals surface area (Å²) in [5, 5.41) is 3.19. The zero-order valence-electron chi connectivity index (χ0n) is 10.7. The SMILES string of the molecule is C[C@]1(N=O)CCC[C@]1(C)OC(=O)c1ccccc1. The highest BCUT2D eigenvalue weighted by Gasteiger charge is 2.53. The van der Waals surface area contributed by atoms with Crippen LogP contribution in [-0.2, 0) is 4.74 Å². The summed E-state index contributed by atoms with van der Waals surface area (Å²) in [6, 6.07) is 8.80. The van der Waals surface area contributed by atoms with E-state index in [1.165, 1.54) is 0 Å². The summed E-state index contributed by atoms with van der Waals surface area (Å²) in [4.78, 5) is 23.1. The Kier molecular flexibility index (Phi) is 3.20. The van der Waals surface area contributed by atoms with Gasteiger partial charge in [-0.15, -0.1) is 0 Å². The first kappa shape index (κ1) is 12.7. The van der Waals surface area contributed by atoms with Crippen LogP contribution in [0.5, 0.6) is 0 Å². The molecule has 0 aliphatic heterocycles. The third-order valence-corrected chi connectivity index (χ3v) is 3.99. The summed E-state index contributed by atoms with van der Waals surface area (Å²) in [6.07, 6.45) is 2.18. The second kappa shape index (κ2) is 4.52. The molecule has 0 aromatic heterocycles. The number of carbonyl (C=O) groups is 1. The van der Waals surface area contributed by atoms with Crippen molar-refractivity contribution >= 4 is 5.97 Å². The fourth-order valence-corrected chi connectivity index (χ4v) is 2.44. The van der Waals surface area contributed by atoms with Gasteiger partial charge in [0.2, 0.25) is 0 Å². The summed E-state index contributed by atoms with van der Waals surface area (Å²) in [6.45, 7) is 3.55. The largest absolute Gasteiger partial charge is 0.453 e. The maximum atomic E-state index is 12.0. The molecule has 0 unspecified atom stereocenters. The Labute approximate surface area is 106 Å². The lowest BCUT2D eigenvalue weighted by atomic mass is 9.86. The van der Waals surface area contributed by atoms with Gasteiger partial charge in [-0.1, -0.05) is 23.4 Å². The molecule has 0 saturated heterocycles. The molecular formula is C14H17NO3. The number of nitroso groups, excluding NO2 is 1. The van der Waals surface area contributed by atoms with E-state index in [9.17, 15) is 9.70 Å². The Morgan fingerprint density at radius 1 is 1.22 bits per heavy atom. The van der Waals surface area contributed by atoms with Crippen LogP contribution in [0.3, 0.4) is 0 Å². The van der Waals surface area contributed by atoms with E-state index in [4.69, 9.17) is 4.74 Å². The number of esters is 1. The third-order valence-electron chi connectivity index (χ3n) is 3.99. The molecule has 18 heavy (non-hydrogen) atoms. The first-order chi connectivity index (χ1) is 8.51. The predicted molar refractivity (Wildman–Crippen MR) is 68.3 cm³/mol. The van der Waals surface area contributed by atoms with Gasteiger partial charge >= 0.3 is 5.97 Å². The van der Waals surface area contributed by atoms with Crippen LogP contribution in [0.1, 0.15) is 43.5 Å². The van der Waals surface area contributed by atoms with E-state index in [-0.39, 0.29) is 0 Å². The maximum Gasteiger partial charge on any atom is 0.338 e. The zero-order valence-corrected chi connectivity index (χ0v) is 10.7. The molecule has 2 rings (SSSR count). The molecule has 0 radical (unpaired) electrons. The smallest absolute Gasteiger partial charge is 0.338 e. The second-order valence-electron chi connectivity index (χ2n) is 5.21. The summed E-state index contributed by atoms with van der Waals surface area (Å²) >= 11 is 0. The molecule has 4 heteroatoms. The van der Waals surface area contributed by atoms with Gasteiger partial charge in [0, 0.05) is 0 Å². The molecule has 1 aromatic rings. The fraction of sp³-hybridized carbons (Fsp3) is 0.500. The number of benzene rings is 1. The molecule has 0 spiro atoms. The number of hydrogen-bond donors (Lipinski definition) is 0. The van der Waals surface area contributed by atoms with Crippen molar-refractivity contribution in [1.82, 2.24) is 0 Å². The number of hydrogen-bond acceptors (Lipinski definition) is 4. The van der Waals surface area contributed by atoms with Gasteiger partial charge in [0.05, 0.1) is 5.56 Å².